The lowest BCUT2D eigenvalue weighted by molar-refractivity contribution is 0.220. The Morgan fingerprint density at radius 1 is 1.00 bits per heavy atom. The van der Waals surface area contributed by atoms with Crippen molar-refractivity contribution in [3.63, 3.8) is 0 Å². The molecular formula is C19H18N2O2. The summed E-state index contributed by atoms with van der Waals surface area (Å²) in [6, 6.07) is 20.6. The number of nitrogens with one attached hydrogen (secondary N) is 1. The van der Waals surface area contributed by atoms with Gasteiger partial charge in [0.25, 0.3) is 0 Å². The molecule has 3 rings (SSSR count). The van der Waals surface area contributed by atoms with Gasteiger partial charge in [0.05, 0.1) is 6.54 Å². The van der Waals surface area contributed by atoms with Crippen LogP contribution < -0.4 is 5.32 Å². The summed E-state index contributed by atoms with van der Waals surface area (Å²) in [6.45, 7) is 0.339. The first-order valence-electron chi connectivity index (χ1n) is 7.41. The van der Waals surface area contributed by atoms with Gasteiger partial charge in [0, 0.05) is 18.3 Å². The summed E-state index contributed by atoms with van der Waals surface area (Å²) in [4.78, 5) is 13.8. The normalized spacial score (nSPS) is 10.5. The maximum Gasteiger partial charge on any atom is 0.321 e. The van der Waals surface area contributed by atoms with Crippen LogP contribution >= 0.6 is 0 Å². The van der Waals surface area contributed by atoms with Gasteiger partial charge in [0.15, 0.2) is 0 Å². The predicted molar refractivity (Wildman–Crippen MR) is 92.5 cm³/mol. The third-order valence-electron chi connectivity index (χ3n) is 3.75. The zero-order chi connectivity index (χ0) is 16.2. The third-order valence-corrected chi connectivity index (χ3v) is 3.75. The van der Waals surface area contributed by atoms with Crippen molar-refractivity contribution in [3.8, 4) is 5.75 Å². The molecule has 116 valence electrons. The van der Waals surface area contributed by atoms with Crippen molar-refractivity contribution in [2.75, 3.05) is 12.4 Å². The number of phenols is 1. The Hall–Kier alpha value is -3.01. The van der Waals surface area contributed by atoms with Crippen molar-refractivity contribution in [1.82, 2.24) is 4.90 Å². The summed E-state index contributed by atoms with van der Waals surface area (Å²) in [6.07, 6.45) is 0. The van der Waals surface area contributed by atoms with Gasteiger partial charge in [-0.05, 0) is 29.0 Å². The molecule has 0 unspecified atom stereocenters. The van der Waals surface area contributed by atoms with Crippen LogP contribution in [0.3, 0.4) is 0 Å². The van der Waals surface area contributed by atoms with Gasteiger partial charge in [0.2, 0.25) is 0 Å². The van der Waals surface area contributed by atoms with Crippen LogP contribution in [0.15, 0.2) is 66.7 Å². The minimum absolute atomic E-state index is 0.192. The SMILES string of the molecule is CN(Cc1ccccc1O)C(=O)Nc1ccc2ccccc2c1. The zero-order valence-corrected chi connectivity index (χ0v) is 12.9. The molecule has 0 saturated heterocycles. The second-order valence-electron chi connectivity index (χ2n) is 5.48. The lowest BCUT2D eigenvalue weighted by Crippen LogP contribution is -2.30. The van der Waals surface area contributed by atoms with Gasteiger partial charge >= 0.3 is 6.03 Å². The Balaban J connectivity index is 1.71. The van der Waals surface area contributed by atoms with E-state index < -0.39 is 0 Å². The number of urea groups is 1. The smallest absolute Gasteiger partial charge is 0.321 e. The van der Waals surface area contributed by atoms with Crippen LogP contribution in [-0.2, 0) is 6.54 Å². The van der Waals surface area contributed by atoms with E-state index in [9.17, 15) is 9.90 Å². The van der Waals surface area contributed by atoms with Crippen molar-refractivity contribution in [3.05, 3.63) is 72.3 Å². The average Bonchev–Trinajstić information content (AvgIpc) is 2.56. The molecule has 0 heterocycles. The van der Waals surface area contributed by atoms with Crippen LogP contribution in [0.25, 0.3) is 10.8 Å². The Kier molecular flexibility index (Phi) is 4.15. The van der Waals surface area contributed by atoms with Gasteiger partial charge in [-0.15, -0.1) is 0 Å². The van der Waals surface area contributed by atoms with E-state index in [0.29, 0.717) is 12.1 Å². The van der Waals surface area contributed by atoms with E-state index in [2.05, 4.69) is 5.32 Å². The van der Waals surface area contributed by atoms with Crippen molar-refractivity contribution >= 4 is 22.5 Å². The summed E-state index contributed by atoms with van der Waals surface area (Å²) in [5.41, 5.74) is 1.46. The molecule has 0 fully saturated rings. The first kappa shape index (κ1) is 14.9. The number of anilines is 1. The van der Waals surface area contributed by atoms with Gasteiger partial charge in [-0.1, -0.05) is 48.5 Å². The number of phenolic OH excluding ortho intramolecular Hbond substituents is 1. The quantitative estimate of drug-likeness (QED) is 0.761. The largest absolute Gasteiger partial charge is 0.508 e. The van der Waals surface area contributed by atoms with Gasteiger partial charge in [0.1, 0.15) is 5.75 Å². The number of nitrogens with zero attached hydrogens (tertiary/aromatic N) is 1. The fourth-order valence-electron chi connectivity index (χ4n) is 2.46. The molecule has 0 aromatic heterocycles. The number of hydrogen-bond donors (Lipinski definition) is 2. The highest BCUT2D eigenvalue weighted by Crippen LogP contribution is 2.20. The Morgan fingerprint density at radius 2 is 1.70 bits per heavy atom. The fourth-order valence-corrected chi connectivity index (χ4v) is 2.46. The summed E-state index contributed by atoms with van der Waals surface area (Å²) in [5, 5.41) is 14.9. The molecule has 0 bridgehead atoms. The number of benzene rings is 3. The molecule has 0 saturated carbocycles. The van der Waals surface area contributed by atoms with Crippen molar-refractivity contribution in [2.45, 2.75) is 6.54 Å². The molecule has 0 spiro atoms. The summed E-state index contributed by atoms with van der Waals surface area (Å²) in [5.74, 6) is 0.192. The number of para-hydroxylation sites is 1. The topological polar surface area (TPSA) is 52.6 Å². The fraction of sp³-hybridized carbons (Fsp3) is 0.105. The maximum absolute atomic E-state index is 12.3. The minimum Gasteiger partial charge on any atom is -0.508 e. The monoisotopic (exact) mass is 306 g/mol. The highest BCUT2D eigenvalue weighted by Gasteiger charge is 2.11. The van der Waals surface area contributed by atoms with Crippen LogP contribution in [0, 0.1) is 0 Å². The van der Waals surface area contributed by atoms with E-state index in [1.165, 1.54) is 4.90 Å². The van der Waals surface area contributed by atoms with Crippen molar-refractivity contribution < 1.29 is 9.90 Å². The number of amides is 2. The van der Waals surface area contributed by atoms with Crippen molar-refractivity contribution in [2.24, 2.45) is 0 Å². The third kappa shape index (κ3) is 3.43. The molecule has 4 nitrogen and oxygen atoms in total. The first-order chi connectivity index (χ1) is 11.1. The van der Waals surface area contributed by atoms with Crippen molar-refractivity contribution in [1.29, 1.82) is 0 Å². The molecule has 23 heavy (non-hydrogen) atoms. The van der Waals surface area contributed by atoms with Gasteiger partial charge < -0.3 is 15.3 Å². The summed E-state index contributed by atoms with van der Waals surface area (Å²) in [7, 11) is 1.70. The van der Waals surface area contributed by atoms with E-state index in [4.69, 9.17) is 0 Å². The lowest BCUT2D eigenvalue weighted by Gasteiger charge is -2.18. The molecule has 0 radical (unpaired) electrons. The second kappa shape index (κ2) is 6.40. The number of carbonyl (C=O) groups excluding carboxylic acids is 1. The zero-order valence-electron chi connectivity index (χ0n) is 12.9. The van der Waals surface area contributed by atoms with Gasteiger partial charge in [-0.25, -0.2) is 4.79 Å². The minimum atomic E-state index is -0.219. The maximum atomic E-state index is 12.3. The van der Waals surface area contributed by atoms with E-state index in [0.717, 1.165) is 16.5 Å². The van der Waals surface area contributed by atoms with E-state index in [1.807, 2.05) is 48.5 Å². The van der Waals surface area contributed by atoms with E-state index in [-0.39, 0.29) is 11.8 Å². The average molecular weight is 306 g/mol. The summed E-state index contributed by atoms with van der Waals surface area (Å²) < 4.78 is 0. The Labute approximate surface area is 135 Å². The molecule has 0 aliphatic heterocycles. The highest BCUT2D eigenvalue weighted by molar-refractivity contribution is 5.93. The first-order valence-corrected chi connectivity index (χ1v) is 7.41. The van der Waals surface area contributed by atoms with Crippen LogP contribution in [0.1, 0.15) is 5.56 Å². The van der Waals surface area contributed by atoms with Crippen LogP contribution in [0.4, 0.5) is 10.5 Å². The standard InChI is InChI=1S/C19H18N2O2/c1-21(13-16-8-4-5-9-18(16)22)19(23)20-17-11-10-14-6-2-3-7-15(14)12-17/h2-12,22H,13H2,1H3,(H,20,23). The molecule has 3 aromatic rings. The number of carbonyl (C=O) groups is 1. The number of hydrogen-bond acceptors (Lipinski definition) is 2. The molecule has 2 amide bonds. The van der Waals surface area contributed by atoms with E-state index >= 15 is 0 Å². The molecule has 0 aliphatic rings. The Morgan fingerprint density at radius 3 is 2.48 bits per heavy atom. The van der Waals surface area contributed by atoms with Gasteiger partial charge in [-0.3, -0.25) is 0 Å². The van der Waals surface area contributed by atoms with Crippen LogP contribution in [-0.4, -0.2) is 23.1 Å². The van der Waals surface area contributed by atoms with Gasteiger partial charge in [-0.2, -0.15) is 0 Å². The highest BCUT2D eigenvalue weighted by atomic mass is 16.3. The van der Waals surface area contributed by atoms with Crippen LogP contribution in [0.5, 0.6) is 5.75 Å². The summed E-state index contributed by atoms with van der Waals surface area (Å²) >= 11 is 0. The number of fused-ring (bicyclic) bond motifs is 1. The molecular weight excluding hydrogens is 288 g/mol. The Bertz CT molecular complexity index is 845. The molecule has 0 atom stereocenters. The molecule has 4 heteroatoms. The van der Waals surface area contributed by atoms with Crippen LogP contribution in [0.2, 0.25) is 0 Å². The lowest BCUT2D eigenvalue weighted by atomic mass is 10.1. The molecule has 3 aromatic carbocycles. The predicted octanol–water partition coefficient (Wildman–Crippen LogP) is 4.21. The second-order valence-corrected chi connectivity index (χ2v) is 5.48. The van der Waals surface area contributed by atoms with E-state index in [1.54, 1.807) is 25.2 Å². The molecule has 2 N–H and O–H groups in total. The molecule has 0 aliphatic carbocycles. The number of rotatable bonds is 3. The number of aromatic hydroxyl groups is 1.